The van der Waals surface area contributed by atoms with Gasteiger partial charge in [0.2, 0.25) is 23.9 Å². The van der Waals surface area contributed by atoms with Crippen LogP contribution in [0.25, 0.3) is 0 Å². The third-order valence-corrected chi connectivity index (χ3v) is 7.62. The van der Waals surface area contributed by atoms with Crippen molar-refractivity contribution in [1.82, 2.24) is 0 Å². The first-order chi connectivity index (χ1) is 11.8. The molecular formula is C17H18O6S2. The van der Waals surface area contributed by atoms with E-state index in [0.29, 0.717) is 5.75 Å². The molecule has 0 radical (unpaired) electrons. The van der Waals surface area contributed by atoms with E-state index in [-0.39, 0.29) is 16.4 Å². The second-order valence-corrected chi connectivity index (χ2v) is 8.99. The molecule has 0 aliphatic heterocycles. The van der Waals surface area contributed by atoms with E-state index in [1.165, 1.54) is 49.6 Å². The van der Waals surface area contributed by atoms with Crippen LogP contribution in [-0.2, 0) is 24.4 Å². The molecule has 0 bridgehead atoms. The average Bonchev–Trinajstić information content (AvgIpc) is 2.62. The van der Waals surface area contributed by atoms with Crippen LogP contribution in [0.4, 0.5) is 0 Å². The molecule has 0 saturated heterocycles. The topological polar surface area (TPSA) is 86.7 Å². The average molecular weight is 382 g/mol. The van der Waals surface area contributed by atoms with Gasteiger partial charge >= 0.3 is 0 Å². The molecule has 6 nitrogen and oxygen atoms in total. The van der Waals surface area contributed by atoms with Crippen molar-refractivity contribution >= 4 is 19.7 Å². The Morgan fingerprint density at radius 3 is 2.12 bits per heavy atom. The fourth-order valence-corrected chi connectivity index (χ4v) is 5.65. The van der Waals surface area contributed by atoms with Crippen molar-refractivity contribution in [3.8, 4) is 5.75 Å². The summed E-state index contributed by atoms with van der Waals surface area (Å²) in [5, 5.41) is 0. The monoisotopic (exact) mass is 382 g/mol. The maximum Gasteiger partial charge on any atom is 0.221 e. The highest BCUT2D eigenvalue weighted by atomic mass is 32.3. The third kappa shape index (κ3) is 4.02. The van der Waals surface area contributed by atoms with Crippen LogP contribution < -0.4 is 4.74 Å². The van der Waals surface area contributed by atoms with E-state index in [9.17, 15) is 16.8 Å². The molecule has 0 heterocycles. The van der Waals surface area contributed by atoms with Gasteiger partial charge in [-0.25, -0.2) is 16.8 Å². The van der Waals surface area contributed by atoms with E-state index in [2.05, 4.69) is 0 Å². The van der Waals surface area contributed by atoms with Crippen LogP contribution in [0.15, 0.2) is 74.9 Å². The third-order valence-electron chi connectivity index (χ3n) is 3.28. The zero-order chi connectivity index (χ0) is 18.5. The number of benzene rings is 2. The minimum Gasteiger partial charge on any atom is -0.499 e. The minimum absolute atomic E-state index is 0.126. The van der Waals surface area contributed by atoms with Crippen molar-refractivity contribution < 1.29 is 26.3 Å². The van der Waals surface area contributed by atoms with Gasteiger partial charge in [-0.15, -0.1) is 0 Å². The van der Waals surface area contributed by atoms with Gasteiger partial charge in [0, 0.05) is 0 Å². The Hall–Kier alpha value is -2.32. The maximum atomic E-state index is 12.9. The summed E-state index contributed by atoms with van der Waals surface area (Å²) in [4.78, 5) is -0.329. The molecule has 0 unspecified atom stereocenters. The fraction of sp³-hybridized carbons (Fsp3) is 0.176. The van der Waals surface area contributed by atoms with E-state index >= 15 is 0 Å². The lowest BCUT2D eigenvalue weighted by Gasteiger charge is -2.11. The molecule has 0 amide bonds. The molecule has 134 valence electrons. The normalized spacial score (nSPS) is 12.6. The Bertz CT molecular complexity index is 961. The quantitative estimate of drug-likeness (QED) is 0.685. The molecule has 0 aliphatic carbocycles. The number of hydrogen-bond donors (Lipinski definition) is 0. The van der Waals surface area contributed by atoms with Crippen LogP contribution in [-0.4, -0.2) is 30.6 Å². The van der Waals surface area contributed by atoms with Crippen LogP contribution in [0.1, 0.15) is 6.92 Å². The molecule has 0 spiro atoms. The summed E-state index contributed by atoms with van der Waals surface area (Å²) in [6.45, 7) is 1.75. The standard InChI is InChI=1S/C17H18O6S2/c1-3-23-13-17(24(18,19)15-9-5-4-6-10-15)25(20,21)16-11-7-8-14(12-16)22-2/h4-13H,3H2,1-2H3/b17-13+. The van der Waals surface area contributed by atoms with E-state index in [0.717, 1.165) is 6.26 Å². The molecule has 2 aromatic rings. The highest BCUT2D eigenvalue weighted by Crippen LogP contribution is 2.30. The zero-order valence-electron chi connectivity index (χ0n) is 13.7. The van der Waals surface area contributed by atoms with Gasteiger partial charge in [0.05, 0.1) is 23.5 Å². The van der Waals surface area contributed by atoms with Crippen molar-refractivity contribution in [3.05, 3.63) is 65.1 Å². The predicted octanol–water partition coefficient (Wildman–Crippen LogP) is 2.78. The molecule has 0 aromatic heterocycles. The van der Waals surface area contributed by atoms with Crippen LogP contribution in [0.5, 0.6) is 5.75 Å². The van der Waals surface area contributed by atoms with E-state index in [1.807, 2.05) is 0 Å². The first-order valence-electron chi connectivity index (χ1n) is 7.35. The van der Waals surface area contributed by atoms with E-state index in [1.54, 1.807) is 19.1 Å². The molecule has 0 aliphatic rings. The van der Waals surface area contributed by atoms with Gasteiger partial charge in [0.25, 0.3) is 0 Å². The maximum absolute atomic E-state index is 12.9. The Labute approximate surface area is 147 Å². The van der Waals surface area contributed by atoms with Gasteiger partial charge in [-0.2, -0.15) is 0 Å². The predicted molar refractivity (Wildman–Crippen MR) is 93.5 cm³/mol. The SMILES string of the molecule is CCO/C=C(\S(=O)(=O)c1ccccc1)S(=O)(=O)c1cccc(OC)c1. The highest BCUT2D eigenvalue weighted by molar-refractivity contribution is 8.14. The lowest BCUT2D eigenvalue weighted by atomic mass is 10.3. The highest BCUT2D eigenvalue weighted by Gasteiger charge is 2.34. The lowest BCUT2D eigenvalue weighted by molar-refractivity contribution is 0.269. The second-order valence-electron chi connectivity index (χ2n) is 4.89. The van der Waals surface area contributed by atoms with E-state index in [4.69, 9.17) is 9.47 Å². The number of sulfone groups is 2. The second kappa shape index (κ2) is 7.71. The Balaban J connectivity index is 2.65. The number of methoxy groups -OCH3 is 1. The van der Waals surface area contributed by atoms with Crippen LogP contribution in [0, 0.1) is 0 Å². The van der Waals surface area contributed by atoms with Crippen molar-refractivity contribution in [2.24, 2.45) is 0 Å². The van der Waals surface area contributed by atoms with Gasteiger partial charge < -0.3 is 9.47 Å². The summed E-state index contributed by atoms with van der Waals surface area (Å²) in [5.41, 5.74) is 0. The molecule has 0 atom stereocenters. The molecule has 25 heavy (non-hydrogen) atoms. The summed E-state index contributed by atoms with van der Waals surface area (Å²) in [7, 11) is -7.24. The lowest BCUT2D eigenvalue weighted by Crippen LogP contribution is -2.16. The summed E-state index contributed by atoms with van der Waals surface area (Å²) in [6, 6.07) is 12.9. The molecular weight excluding hydrogens is 364 g/mol. The number of rotatable bonds is 7. The van der Waals surface area contributed by atoms with Crippen LogP contribution in [0.2, 0.25) is 0 Å². The van der Waals surface area contributed by atoms with Crippen molar-refractivity contribution in [2.45, 2.75) is 16.7 Å². The molecule has 2 rings (SSSR count). The minimum atomic E-state index is -4.34. The molecule has 0 N–H and O–H groups in total. The van der Waals surface area contributed by atoms with E-state index < -0.39 is 23.9 Å². The molecule has 0 saturated carbocycles. The summed E-state index contributed by atoms with van der Waals surface area (Å²) in [5.74, 6) is 0.300. The number of ether oxygens (including phenoxy) is 2. The Morgan fingerprint density at radius 2 is 1.52 bits per heavy atom. The first kappa shape index (κ1) is 19.0. The van der Waals surface area contributed by atoms with Gasteiger partial charge in [0.1, 0.15) is 12.0 Å². The first-order valence-corrected chi connectivity index (χ1v) is 10.3. The smallest absolute Gasteiger partial charge is 0.221 e. The molecule has 2 aromatic carbocycles. The summed E-state index contributed by atoms with van der Waals surface area (Å²) in [6.07, 6.45) is 0.775. The van der Waals surface area contributed by atoms with Gasteiger partial charge in [-0.05, 0) is 37.3 Å². The van der Waals surface area contributed by atoms with Crippen molar-refractivity contribution in [1.29, 1.82) is 0 Å². The van der Waals surface area contributed by atoms with Crippen LogP contribution >= 0.6 is 0 Å². The van der Waals surface area contributed by atoms with Crippen molar-refractivity contribution in [2.75, 3.05) is 13.7 Å². The van der Waals surface area contributed by atoms with Crippen molar-refractivity contribution in [3.63, 3.8) is 0 Å². The Kier molecular flexibility index (Phi) is 5.86. The summed E-state index contributed by atoms with van der Waals surface area (Å²) < 4.78 is 60.8. The van der Waals surface area contributed by atoms with Gasteiger partial charge in [0.15, 0.2) is 0 Å². The molecule has 0 fully saturated rings. The van der Waals surface area contributed by atoms with Crippen LogP contribution in [0.3, 0.4) is 0 Å². The van der Waals surface area contributed by atoms with Gasteiger partial charge in [-0.1, -0.05) is 24.3 Å². The fourth-order valence-electron chi connectivity index (χ4n) is 2.02. The Morgan fingerprint density at radius 1 is 0.920 bits per heavy atom. The zero-order valence-corrected chi connectivity index (χ0v) is 15.4. The summed E-state index contributed by atoms with van der Waals surface area (Å²) >= 11 is 0. The number of hydrogen-bond acceptors (Lipinski definition) is 6. The largest absolute Gasteiger partial charge is 0.499 e. The van der Waals surface area contributed by atoms with Gasteiger partial charge in [-0.3, -0.25) is 0 Å². The molecule has 8 heteroatoms.